The van der Waals surface area contributed by atoms with Gasteiger partial charge in [-0.3, -0.25) is 9.48 Å². The van der Waals surface area contributed by atoms with E-state index in [4.69, 9.17) is 4.74 Å². The summed E-state index contributed by atoms with van der Waals surface area (Å²) in [4.78, 5) is 11.9. The topological polar surface area (TPSA) is 56.2 Å². The number of hydrogen-bond acceptors (Lipinski definition) is 4. The third kappa shape index (κ3) is 3.55. The molecule has 1 aromatic rings. The smallest absolute Gasteiger partial charge is 0.234 e. The molecule has 20 heavy (non-hydrogen) atoms. The molecule has 6 heteroatoms. The number of carbonyl (C=O) groups is 1. The maximum Gasteiger partial charge on any atom is 0.234 e. The lowest BCUT2D eigenvalue weighted by atomic mass is 10.3. The number of amides is 1. The zero-order valence-electron chi connectivity index (χ0n) is 11.6. The predicted molar refractivity (Wildman–Crippen MR) is 80.0 cm³/mol. The van der Waals surface area contributed by atoms with Crippen molar-refractivity contribution in [3.05, 3.63) is 12.4 Å². The molecule has 1 aliphatic heterocycles. The van der Waals surface area contributed by atoms with Gasteiger partial charge in [0.05, 0.1) is 30.3 Å². The summed E-state index contributed by atoms with van der Waals surface area (Å²) in [5.41, 5.74) is 0.786. The van der Waals surface area contributed by atoms with Gasteiger partial charge in [-0.05, 0) is 19.3 Å². The van der Waals surface area contributed by atoms with Crippen molar-refractivity contribution in [2.24, 2.45) is 0 Å². The Labute approximate surface area is 123 Å². The summed E-state index contributed by atoms with van der Waals surface area (Å²) in [6.45, 7) is 1.51. The SMILES string of the molecule is O=C(CSC1CCCC1)Nc1cnn([C@@H]2CCOC2)c1. The minimum atomic E-state index is 0.0733. The molecule has 2 aliphatic rings. The molecule has 1 aromatic heterocycles. The molecule has 1 aliphatic carbocycles. The van der Waals surface area contributed by atoms with Gasteiger partial charge in [-0.2, -0.15) is 5.10 Å². The minimum Gasteiger partial charge on any atom is -0.379 e. The fourth-order valence-electron chi connectivity index (χ4n) is 2.78. The second kappa shape index (κ2) is 6.63. The molecule has 2 heterocycles. The van der Waals surface area contributed by atoms with Gasteiger partial charge in [0.15, 0.2) is 0 Å². The van der Waals surface area contributed by atoms with Crippen LogP contribution in [-0.2, 0) is 9.53 Å². The van der Waals surface area contributed by atoms with E-state index in [0.717, 1.165) is 18.7 Å². The van der Waals surface area contributed by atoms with Gasteiger partial charge >= 0.3 is 0 Å². The van der Waals surface area contributed by atoms with Crippen LogP contribution < -0.4 is 5.32 Å². The summed E-state index contributed by atoms with van der Waals surface area (Å²) in [5.74, 6) is 0.617. The van der Waals surface area contributed by atoms with Crippen LogP contribution in [0.5, 0.6) is 0 Å². The number of aromatic nitrogens is 2. The normalized spacial score (nSPS) is 23.3. The van der Waals surface area contributed by atoms with Gasteiger partial charge in [-0.15, -0.1) is 11.8 Å². The second-order valence-corrected chi connectivity index (χ2v) is 6.78. The van der Waals surface area contributed by atoms with Gasteiger partial charge in [-0.1, -0.05) is 12.8 Å². The molecule has 1 saturated heterocycles. The Morgan fingerprint density at radius 3 is 3.05 bits per heavy atom. The zero-order chi connectivity index (χ0) is 13.8. The van der Waals surface area contributed by atoms with Gasteiger partial charge in [0.25, 0.3) is 0 Å². The van der Waals surface area contributed by atoms with E-state index in [2.05, 4.69) is 10.4 Å². The fraction of sp³-hybridized carbons (Fsp3) is 0.714. The van der Waals surface area contributed by atoms with Crippen molar-refractivity contribution >= 4 is 23.4 Å². The molecule has 2 fully saturated rings. The molecule has 0 bridgehead atoms. The lowest BCUT2D eigenvalue weighted by Crippen LogP contribution is -2.15. The number of anilines is 1. The molecule has 5 nitrogen and oxygen atoms in total. The third-order valence-corrected chi connectivity index (χ3v) is 5.29. The van der Waals surface area contributed by atoms with Crippen molar-refractivity contribution in [2.45, 2.75) is 43.4 Å². The van der Waals surface area contributed by atoms with Crippen molar-refractivity contribution in [3.8, 4) is 0 Å². The quantitative estimate of drug-likeness (QED) is 0.906. The van der Waals surface area contributed by atoms with E-state index < -0.39 is 0 Å². The number of hydrogen-bond donors (Lipinski definition) is 1. The molecule has 1 N–H and O–H groups in total. The molecule has 0 aromatic carbocycles. The molecule has 1 amide bonds. The summed E-state index contributed by atoms with van der Waals surface area (Å²) in [7, 11) is 0. The highest BCUT2D eigenvalue weighted by Gasteiger charge is 2.19. The van der Waals surface area contributed by atoms with E-state index >= 15 is 0 Å². The number of rotatable bonds is 5. The molecule has 1 atom stereocenters. The van der Waals surface area contributed by atoms with Gasteiger partial charge < -0.3 is 10.1 Å². The average molecular weight is 295 g/mol. The maximum absolute atomic E-state index is 11.9. The van der Waals surface area contributed by atoms with Crippen LogP contribution in [0.25, 0.3) is 0 Å². The molecule has 110 valence electrons. The predicted octanol–water partition coefficient (Wildman–Crippen LogP) is 2.46. The van der Waals surface area contributed by atoms with Crippen LogP contribution in [0, 0.1) is 0 Å². The van der Waals surface area contributed by atoms with Crippen LogP contribution in [0.2, 0.25) is 0 Å². The maximum atomic E-state index is 11.9. The first-order valence-electron chi connectivity index (χ1n) is 7.34. The molecule has 1 saturated carbocycles. The van der Waals surface area contributed by atoms with Gasteiger partial charge in [0.1, 0.15) is 0 Å². The third-order valence-electron chi connectivity index (χ3n) is 3.92. The fourth-order valence-corrected chi connectivity index (χ4v) is 3.90. The van der Waals surface area contributed by atoms with Gasteiger partial charge in [-0.25, -0.2) is 0 Å². The van der Waals surface area contributed by atoms with Crippen LogP contribution in [0.4, 0.5) is 5.69 Å². The standard InChI is InChI=1S/C14H21N3O2S/c18-14(10-20-13-3-1-2-4-13)16-11-7-15-17(8-11)12-5-6-19-9-12/h7-8,12-13H,1-6,9-10H2,(H,16,18)/t12-/m1/s1. The Morgan fingerprint density at radius 1 is 1.45 bits per heavy atom. The number of nitrogens with zero attached hydrogens (tertiary/aromatic N) is 2. The van der Waals surface area contributed by atoms with Crippen molar-refractivity contribution in [2.75, 3.05) is 24.3 Å². The lowest BCUT2D eigenvalue weighted by Gasteiger charge is -2.08. The molecule has 0 radical (unpaired) electrons. The first kappa shape index (κ1) is 13.9. The Morgan fingerprint density at radius 2 is 2.30 bits per heavy atom. The highest BCUT2D eigenvalue weighted by molar-refractivity contribution is 8.00. The van der Waals surface area contributed by atoms with E-state index in [1.54, 1.807) is 18.0 Å². The summed E-state index contributed by atoms with van der Waals surface area (Å²) in [5, 5.41) is 7.91. The van der Waals surface area contributed by atoms with E-state index in [1.165, 1.54) is 25.7 Å². The Bertz CT molecular complexity index is 451. The van der Waals surface area contributed by atoms with Crippen LogP contribution in [0.3, 0.4) is 0 Å². The number of ether oxygens (including phenoxy) is 1. The molecule has 0 spiro atoms. The van der Waals surface area contributed by atoms with Crippen molar-refractivity contribution < 1.29 is 9.53 Å². The first-order chi connectivity index (χ1) is 9.81. The Balaban J connectivity index is 1.45. The monoisotopic (exact) mass is 295 g/mol. The molecular weight excluding hydrogens is 274 g/mol. The van der Waals surface area contributed by atoms with Crippen LogP contribution >= 0.6 is 11.8 Å². The van der Waals surface area contributed by atoms with Crippen molar-refractivity contribution in [1.29, 1.82) is 0 Å². The van der Waals surface area contributed by atoms with Gasteiger partial charge in [0, 0.05) is 18.1 Å². The van der Waals surface area contributed by atoms with Crippen LogP contribution in [0.15, 0.2) is 12.4 Å². The number of carbonyl (C=O) groups excluding carboxylic acids is 1. The van der Waals surface area contributed by atoms with Crippen LogP contribution in [-0.4, -0.2) is 39.9 Å². The highest BCUT2D eigenvalue weighted by atomic mass is 32.2. The molecule has 0 unspecified atom stereocenters. The van der Waals surface area contributed by atoms with E-state index in [-0.39, 0.29) is 5.91 Å². The van der Waals surface area contributed by atoms with Gasteiger partial charge in [0.2, 0.25) is 5.91 Å². The second-order valence-electron chi connectivity index (χ2n) is 5.49. The average Bonchev–Trinajstić information content (AvgIpc) is 3.18. The largest absolute Gasteiger partial charge is 0.379 e. The number of thioether (sulfide) groups is 1. The first-order valence-corrected chi connectivity index (χ1v) is 8.39. The Kier molecular flexibility index (Phi) is 4.62. The van der Waals surface area contributed by atoms with E-state index in [1.807, 2.05) is 10.9 Å². The Hall–Kier alpha value is -1.01. The lowest BCUT2D eigenvalue weighted by molar-refractivity contribution is -0.113. The molecule has 3 rings (SSSR count). The minimum absolute atomic E-state index is 0.0733. The number of nitrogens with one attached hydrogen (secondary N) is 1. The zero-order valence-corrected chi connectivity index (χ0v) is 12.4. The van der Waals surface area contributed by atoms with Crippen LogP contribution in [0.1, 0.15) is 38.1 Å². The summed E-state index contributed by atoms with van der Waals surface area (Å²) in [6, 6.07) is 0.313. The molecular formula is C14H21N3O2S. The summed E-state index contributed by atoms with van der Waals surface area (Å²) >= 11 is 1.78. The van der Waals surface area contributed by atoms with E-state index in [9.17, 15) is 4.79 Å². The summed E-state index contributed by atoms with van der Waals surface area (Å²) in [6.07, 6.45) is 9.76. The highest BCUT2D eigenvalue weighted by Crippen LogP contribution is 2.29. The van der Waals surface area contributed by atoms with Crippen molar-refractivity contribution in [1.82, 2.24) is 9.78 Å². The summed E-state index contributed by atoms with van der Waals surface area (Å²) < 4.78 is 7.24. The van der Waals surface area contributed by atoms with Crippen molar-refractivity contribution in [3.63, 3.8) is 0 Å². The van der Waals surface area contributed by atoms with E-state index in [0.29, 0.717) is 23.7 Å².